The first-order chi connectivity index (χ1) is 15.5. The molecule has 0 radical (unpaired) electrons. The van der Waals surface area contributed by atoms with Crippen molar-refractivity contribution in [1.82, 2.24) is 0 Å². The molecule has 0 amide bonds. The lowest BCUT2D eigenvalue weighted by Gasteiger charge is -2.48. The number of aliphatic hydroxyl groups excluding tert-OH is 7. The minimum atomic E-state index is -1.61. The lowest BCUT2D eigenvalue weighted by atomic mass is 9.84. The third kappa shape index (κ3) is 5.34. The summed E-state index contributed by atoms with van der Waals surface area (Å²) >= 11 is 0. The second-order valence-corrected chi connectivity index (χ2v) is 8.96. The van der Waals surface area contributed by atoms with Gasteiger partial charge in [0, 0.05) is 12.1 Å². The van der Waals surface area contributed by atoms with Gasteiger partial charge in [-0.2, -0.15) is 0 Å². The Kier molecular flexibility index (Phi) is 9.02. The molecule has 3 fully saturated rings. The zero-order valence-corrected chi connectivity index (χ0v) is 18.3. The van der Waals surface area contributed by atoms with E-state index >= 15 is 0 Å². The van der Waals surface area contributed by atoms with E-state index in [1.54, 1.807) is 6.92 Å². The van der Waals surface area contributed by atoms with E-state index < -0.39 is 98.4 Å². The lowest BCUT2D eigenvalue weighted by molar-refractivity contribution is -0.333. The molecule has 1 aliphatic carbocycles. The highest BCUT2D eigenvalue weighted by molar-refractivity contribution is 5.01. The zero-order chi connectivity index (χ0) is 24.6. The van der Waals surface area contributed by atoms with Crippen molar-refractivity contribution in [3.05, 3.63) is 0 Å². The number of aliphatic hydroxyl groups is 7. The van der Waals surface area contributed by atoms with Crippen LogP contribution < -0.4 is 17.2 Å². The number of hydrogen-bond acceptors (Lipinski definition) is 14. The van der Waals surface area contributed by atoms with Crippen molar-refractivity contribution in [3.8, 4) is 0 Å². The van der Waals surface area contributed by atoms with Crippen LogP contribution in [0.1, 0.15) is 19.8 Å². The first-order valence-electron chi connectivity index (χ1n) is 11.1. The van der Waals surface area contributed by atoms with Crippen molar-refractivity contribution in [1.29, 1.82) is 0 Å². The molecule has 2 saturated heterocycles. The quantitative estimate of drug-likeness (QED) is 0.169. The predicted molar refractivity (Wildman–Crippen MR) is 109 cm³/mol. The van der Waals surface area contributed by atoms with E-state index in [1.807, 2.05) is 0 Å². The third-order valence-electron chi connectivity index (χ3n) is 6.65. The molecule has 0 aromatic rings. The van der Waals surface area contributed by atoms with Crippen LogP contribution in [0.15, 0.2) is 0 Å². The Morgan fingerprint density at radius 1 is 0.697 bits per heavy atom. The summed E-state index contributed by atoms with van der Waals surface area (Å²) in [6.07, 6.45) is -15.4. The van der Waals surface area contributed by atoms with Crippen LogP contribution in [-0.2, 0) is 18.9 Å². The van der Waals surface area contributed by atoms with Gasteiger partial charge in [-0.25, -0.2) is 0 Å². The smallest absolute Gasteiger partial charge is 0.187 e. The average molecular weight is 484 g/mol. The Bertz CT molecular complexity index is 582. The van der Waals surface area contributed by atoms with Crippen molar-refractivity contribution in [2.45, 2.75) is 112 Å². The van der Waals surface area contributed by atoms with Gasteiger partial charge in [0.25, 0.3) is 0 Å². The Morgan fingerprint density at radius 2 is 1.21 bits per heavy atom. The van der Waals surface area contributed by atoms with Gasteiger partial charge in [-0.05, 0) is 12.8 Å². The van der Waals surface area contributed by atoms with Crippen LogP contribution >= 0.6 is 0 Å². The molecule has 2 heterocycles. The van der Waals surface area contributed by atoms with Gasteiger partial charge in [0.15, 0.2) is 12.6 Å². The van der Waals surface area contributed by atoms with Crippen LogP contribution in [0.5, 0.6) is 0 Å². The van der Waals surface area contributed by atoms with Crippen molar-refractivity contribution in [2.24, 2.45) is 17.2 Å². The summed E-state index contributed by atoms with van der Waals surface area (Å²) in [5.74, 6) is 0. The SMILES string of the molecule is CC[C@H]1O[C@H](OC2C(O)[C@@H](O[C@H]3OC(CO)[C@@H](O)[C@H](N)C3O)[C@H](N)C[C@@H]2N)C(O)C(O)[C@@H]1O. The van der Waals surface area contributed by atoms with Crippen LogP contribution in [0.3, 0.4) is 0 Å². The first kappa shape index (κ1) is 27.0. The van der Waals surface area contributed by atoms with Crippen molar-refractivity contribution in [3.63, 3.8) is 0 Å². The molecule has 14 heteroatoms. The van der Waals surface area contributed by atoms with Gasteiger partial charge >= 0.3 is 0 Å². The summed E-state index contributed by atoms with van der Waals surface area (Å²) in [6, 6.07) is -2.80. The van der Waals surface area contributed by atoms with Crippen LogP contribution in [-0.4, -0.2) is 134 Å². The van der Waals surface area contributed by atoms with Crippen LogP contribution in [0.25, 0.3) is 0 Å². The van der Waals surface area contributed by atoms with E-state index in [1.165, 1.54) is 0 Å². The molecule has 14 nitrogen and oxygen atoms in total. The Morgan fingerprint density at radius 3 is 1.73 bits per heavy atom. The van der Waals surface area contributed by atoms with E-state index in [2.05, 4.69) is 0 Å². The van der Waals surface area contributed by atoms with Gasteiger partial charge in [0.05, 0.1) is 18.8 Å². The zero-order valence-electron chi connectivity index (χ0n) is 18.3. The Labute approximate surface area is 190 Å². The second-order valence-electron chi connectivity index (χ2n) is 8.96. The topological polar surface area (TPSA) is 257 Å². The van der Waals surface area contributed by atoms with E-state index in [0.717, 1.165) is 0 Å². The lowest BCUT2D eigenvalue weighted by Crippen LogP contribution is -2.68. The molecule has 0 bridgehead atoms. The molecule has 0 aromatic carbocycles. The highest BCUT2D eigenvalue weighted by Gasteiger charge is 2.51. The number of rotatable bonds is 6. The Hall–Kier alpha value is -0.560. The Balaban J connectivity index is 1.72. The average Bonchev–Trinajstić information content (AvgIpc) is 2.79. The van der Waals surface area contributed by atoms with Gasteiger partial charge in [0.1, 0.15) is 54.9 Å². The van der Waals surface area contributed by atoms with Crippen molar-refractivity contribution in [2.75, 3.05) is 6.61 Å². The van der Waals surface area contributed by atoms with Crippen LogP contribution in [0.2, 0.25) is 0 Å². The van der Waals surface area contributed by atoms with Crippen molar-refractivity contribution < 1.29 is 54.7 Å². The molecule has 0 spiro atoms. The van der Waals surface area contributed by atoms with Crippen molar-refractivity contribution >= 4 is 0 Å². The fourth-order valence-electron chi connectivity index (χ4n) is 4.54. The fourth-order valence-corrected chi connectivity index (χ4v) is 4.54. The minimum absolute atomic E-state index is 0.110. The summed E-state index contributed by atoms with van der Waals surface area (Å²) in [4.78, 5) is 0. The van der Waals surface area contributed by atoms with Gasteiger partial charge in [0.2, 0.25) is 0 Å². The molecule has 3 rings (SSSR count). The molecule has 194 valence electrons. The predicted octanol–water partition coefficient (Wildman–Crippen LogP) is -5.84. The largest absolute Gasteiger partial charge is 0.394 e. The number of hydrogen-bond donors (Lipinski definition) is 10. The summed E-state index contributed by atoms with van der Waals surface area (Å²) in [6.45, 7) is 1.14. The molecule has 33 heavy (non-hydrogen) atoms. The molecule has 0 aromatic heterocycles. The summed E-state index contributed by atoms with van der Waals surface area (Å²) in [7, 11) is 0. The molecule has 1 saturated carbocycles. The molecule has 13 N–H and O–H groups in total. The number of nitrogens with two attached hydrogens (primary N) is 3. The van der Waals surface area contributed by atoms with Gasteiger partial charge < -0.3 is 71.9 Å². The molecule has 2 aliphatic heterocycles. The molecular weight excluding hydrogens is 446 g/mol. The van der Waals surface area contributed by atoms with Gasteiger partial charge in [-0.1, -0.05) is 6.92 Å². The number of ether oxygens (including phenoxy) is 4. The van der Waals surface area contributed by atoms with E-state index in [-0.39, 0.29) is 6.42 Å². The summed E-state index contributed by atoms with van der Waals surface area (Å²) in [5, 5.41) is 71.1. The maximum atomic E-state index is 11.0. The minimum Gasteiger partial charge on any atom is -0.394 e. The maximum Gasteiger partial charge on any atom is 0.187 e. The molecular formula is C19H37N3O11. The van der Waals surface area contributed by atoms with Gasteiger partial charge in [-0.15, -0.1) is 0 Å². The molecule has 15 atom stereocenters. The second kappa shape index (κ2) is 11.0. The summed E-state index contributed by atoms with van der Waals surface area (Å²) < 4.78 is 22.4. The normalized spacial score (nSPS) is 53.7. The highest BCUT2D eigenvalue weighted by Crippen LogP contribution is 2.31. The standard InChI is InChI=1S/C19H37N3O11/c1-2-7-11(25)13(27)14(28)19(30-7)33-17-6(21)3-5(20)16(15(17)29)32-18-12(26)9(22)10(24)8(4-23)31-18/h5-19,23-29H,2-4,20-22H2,1H3/t5-,6+,7-,8?,9+,10-,11-,12?,13?,14?,15?,16+,17?,18-,19-/m1/s1. The van der Waals surface area contributed by atoms with E-state index in [0.29, 0.717) is 6.42 Å². The van der Waals surface area contributed by atoms with E-state index in [4.69, 9.17) is 36.1 Å². The molecule has 3 aliphatic rings. The fraction of sp³-hybridized carbons (Fsp3) is 1.00. The molecule has 6 unspecified atom stereocenters. The third-order valence-corrected chi connectivity index (χ3v) is 6.65. The first-order valence-corrected chi connectivity index (χ1v) is 11.1. The van der Waals surface area contributed by atoms with E-state index in [9.17, 15) is 35.7 Å². The maximum absolute atomic E-state index is 11.0. The summed E-state index contributed by atoms with van der Waals surface area (Å²) in [5.41, 5.74) is 18.0. The highest BCUT2D eigenvalue weighted by atomic mass is 16.7. The van der Waals surface area contributed by atoms with Crippen LogP contribution in [0, 0.1) is 0 Å². The van der Waals surface area contributed by atoms with Crippen LogP contribution in [0.4, 0.5) is 0 Å². The monoisotopic (exact) mass is 483 g/mol. The van der Waals surface area contributed by atoms with Gasteiger partial charge in [-0.3, -0.25) is 0 Å².